The summed E-state index contributed by atoms with van der Waals surface area (Å²) in [5.74, 6) is 0.0293. The Kier molecular flexibility index (Phi) is 3.21. The zero-order valence-corrected chi connectivity index (χ0v) is 15.0. The molecular formula is C18H19IO3. The molecule has 22 heavy (non-hydrogen) atoms. The van der Waals surface area contributed by atoms with Crippen LogP contribution in [-0.4, -0.2) is 27.0 Å². The average Bonchev–Trinajstić information content (AvgIpc) is 3.03. The lowest BCUT2D eigenvalue weighted by Crippen LogP contribution is -2.34. The van der Waals surface area contributed by atoms with Gasteiger partial charge in [0.15, 0.2) is 5.78 Å². The van der Waals surface area contributed by atoms with Gasteiger partial charge in [0.05, 0.1) is 29.6 Å². The molecule has 5 atom stereocenters. The van der Waals surface area contributed by atoms with Crippen LogP contribution in [0.15, 0.2) is 17.9 Å². The molecule has 1 aromatic carbocycles. The van der Waals surface area contributed by atoms with Crippen LogP contribution in [0.4, 0.5) is 0 Å². The molecule has 0 aromatic heterocycles. The number of benzene rings is 1. The number of alkyl halides is 1. The molecule has 1 aliphatic carbocycles. The fraction of sp³-hybridized carbons (Fsp3) is 0.500. The average molecular weight is 410 g/mol. The maximum Gasteiger partial charge on any atom is 0.173 e. The second-order valence-corrected chi connectivity index (χ2v) is 8.44. The number of halogens is 1. The number of aryl methyl sites for hydroxylation is 3. The number of fused-ring (bicyclic) bond motifs is 5. The summed E-state index contributed by atoms with van der Waals surface area (Å²) in [7, 11) is 0. The number of carbonyl (C=O) groups excluding carboxylic acids is 1. The minimum absolute atomic E-state index is 0.0110. The van der Waals surface area contributed by atoms with Gasteiger partial charge in [0.25, 0.3) is 0 Å². The van der Waals surface area contributed by atoms with E-state index < -0.39 is 0 Å². The van der Waals surface area contributed by atoms with Gasteiger partial charge in [0.2, 0.25) is 0 Å². The summed E-state index contributed by atoms with van der Waals surface area (Å²) in [5.41, 5.74) is 4.78. The first kappa shape index (κ1) is 14.7. The molecule has 2 heterocycles. The normalized spacial score (nSPS) is 36.4. The summed E-state index contributed by atoms with van der Waals surface area (Å²) in [4.78, 5) is 13.0. The summed E-state index contributed by atoms with van der Waals surface area (Å²) < 4.78 is 6.32. The van der Waals surface area contributed by atoms with E-state index in [1.54, 1.807) is 0 Å². The van der Waals surface area contributed by atoms with Crippen molar-refractivity contribution in [1.29, 1.82) is 0 Å². The van der Waals surface area contributed by atoms with Crippen LogP contribution in [-0.2, 0) is 9.53 Å². The van der Waals surface area contributed by atoms with Crippen molar-refractivity contribution in [2.45, 2.75) is 43.3 Å². The molecule has 2 saturated heterocycles. The molecular weight excluding hydrogens is 391 g/mol. The SMILES string of the molecule is Cc1cc(C)c(C2=C(O)[C@@H]3[C@@H]4O[C@@H](C[C@@H]4I)[C@@H]3C2=O)c(C)c1. The number of hydrogen-bond donors (Lipinski definition) is 1. The molecule has 0 saturated carbocycles. The Hall–Kier alpha value is -0.880. The van der Waals surface area contributed by atoms with Gasteiger partial charge in [0.1, 0.15) is 5.76 Å². The second kappa shape index (κ2) is 4.81. The summed E-state index contributed by atoms with van der Waals surface area (Å²) in [6, 6.07) is 4.16. The molecule has 0 amide bonds. The van der Waals surface area contributed by atoms with E-state index in [2.05, 4.69) is 41.6 Å². The number of aliphatic hydroxyl groups excluding tert-OH is 1. The van der Waals surface area contributed by atoms with Crippen molar-refractivity contribution in [3.63, 3.8) is 0 Å². The van der Waals surface area contributed by atoms with Crippen LogP contribution in [0.5, 0.6) is 0 Å². The van der Waals surface area contributed by atoms with Crippen molar-refractivity contribution in [2.75, 3.05) is 0 Å². The first-order valence-corrected chi connectivity index (χ1v) is 8.99. The lowest BCUT2D eigenvalue weighted by atomic mass is 9.80. The van der Waals surface area contributed by atoms with E-state index in [1.807, 2.05) is 13.8 Å². The third kappa shape index (κ3) is 1.80. The van der Waals surface area contributed by atoms with Gasteiger partial charge < -0.3 is 9.84 Å². The van der Waals surface area contributed by atoms with Crippen molar-refractivity contribution in [1.82, 2.24) is 0 Å². The highest BCUT2D eigenvalue weighted by molar-refractivity contribution is 14.1. The molecule has 0 unspecified atom stereocenters. The minimum atomic E-state index is -0.175. The molecule has 4 rings (SSSR count). The van der Waals surface area contributed by atoms with E-state index in [9.17, 15) is 9.90 Å². The molecule has 2 aliphatic heterocycles. The van der Waals surface area contributed by atoms with E-state index in [-0.39, 0.29) is 35.6 Å². The van der Waals surface area contributed by atoms with Gasteiger partial charge in [-0.15, -0.1) is 0 Å². The van der Waals surface area contributed by atoms with Crippen LogP contribution in [0.1, 0.15) is 28.7 Å². The quantitative estimate of drug-likeness (QED) is 0.568. The summed E-state index contributed by atoms with van der Waals surface area (Å²) >= 11 is 2.39. The van der Waals surface area contributed by atoms with Gasteiger partial charge in [-0.1, -0.05) is 40.3 Å². The van der Waals surface area contributed by atoms with Gasteiger partial charge >= 0.3 is 0 Å². The van der Waals surface area contributed by atoms with Gasteiger partial charge in [-0.25, -0.2) is 0 Å². The fourth-order valence-electron chi connectivity index (χ4n) is 4.62. The van der Waals surface area contributed by atoms with E-state index >= 15 is 0 Å². The Morgan fingerprint density at radius 3 is 2.45 bits per heavy atom. The Morgan fingerprint density at radius 1 is 1.18 bits per heavy atom. The monoisotopic (exact) mass is 410 g/mol. The zero-order valence-electron chi connectivity index (χ0n) is 12.9. The first-order valence-electron chi connectivity index (χ1n) is 7.75. The molecule has 2 fully saturated rings. The van der Waals surface area contributed by atoms with Gasteiger partial charge in [0, 0.05) is 3.92 Å². The van der Waals surface area contributed by atoms with E-state index in [0.29, 0.717) is 9.50 Å². The van der Waals surface area contributed by atoms with Crippen molar-refractivity contribution >= 4 is 33.9 Å². The fourth-order valence-corrected chi connectivity index (χ4v) is 5.74. The van der Waals surface area contributed by atoms with E-state index in [0.717, 1.165) is 23.1 Å². The Balaban J connectivity index is 1.87. The molecule has 1 N–H and O–H groups in total. The molecule has 3 aliphatic rings. The lowest BCUT2D eigenvalue weighted by Gasteiger charge is -2.23. The van der Waals surface area contributed by atoms with Crippen LogP contribution in [0.2, 0.25) is 0 Å². The topological polar surface area (TPSA) is 46.5 Å². The molecule has 2 bridgehead atoms. The standard InChI is InChI=1S/C18H19IO3/c1-7-4-8(2)12(9(3)5-7)14-16(20)13-11-6-10(19)18(22-11)15(13)17(14)21/h4-5,10-11,13,15,18,21H,6H2,1-3H3/t10-,11-,13-,15+,18+/m0/s1. The molecule has 1 aromatic rings. The highest BCUT2D eigenvalue weighted by atomic mass is 127. The smallest absolute Gasteiger partial charge is 0.173 e. The van der Waals surface area contributed by atoms with Crippen molar-refractivity contribution in [3.8, 4) is 0 Å². The largest absolute Gasteiger partial charge is 0.511 e. The molecule has 116 valence electrons. The van der Waals surface area contributed by atoms with E-state index in [1.165, 1.54) is 5.56 Å². The minimum Gasteiger partial charge on any atom is -0.511 e. The predicted octanol–water partition coefficient (Wildman–Crippen LogP) is 3.67. The van der Waals surface area contributed by atoms with Crippen molar-refractivity contribution < 1.29 is 14.6 Å². The van der Waals surface area contributed by atoms with Gasteiger partial charge in [-0.2, -0.15) is 0 Å². The summed E-state index contributed by atoms with van der Waals surface area (Å²) in [5, 5.41) is 10.8. The molecule has 4 heteroatoms. The number of ether oxygens (including phenoxy) is 1. The van der Waals surface area contributed by atoms with Gasteiger partial charge in [-0.05, 0) is 43.9 Å². The maximum absolute atomic E-state index is 13.0. The summed E-state index contributed by atoms with van der Waals surface area (Å²) in [6.07, 6.45) is 0.892. The molecule has 0 spiro atoms. The van der Waals surface area contributed by atoms with Gasteiger partial charge in [-0.3, -0.25) is 4.79 Å². The number of ketones is 1. The highest BCUT2D eigenvalue weighted by Crippen LogP contribution is 2.55. The third-order valence-corrected chi connectivity index (χ3v) is 6.55. The van der Waals surface area contributed by atoms with Crippen LogP contribution >= 0.6 is 22.6 Å². The first-order chi connectivity index (χ1) is 10.4. The lowest BCUT2D eigenvalue weighted by molar-refractivity contribution is -0.118. The number of aliphatic hydroxyl groups is 1. The summed E-state index contributed by atoms with van der Waals surface area (Å²) in [6.45, 7) is 6.09. The van der Waals surface area contributed by atoms with Crippen molar-refractivity contribution in [3.05, 3.63) is 40.1 Å². The van der Waals surface area contributed by atoms with Crippen LogP contribution in [0.3, 0.4) is 0 Å². The van der Waals surface area contributed by atoms with Crippen LogP contribution < -0.4 is 0 Å². The Labute approximate surface area is 143 Å². The number of Topliss-reactive ketones (excluding diaryl/α,β-unsaturated/α-hetero) is 1. The number of rotatable bonds is 1. The maximum atomic E-state index is 13.0. The molecule has 3 nitrogen and oxygen atoms in total. The van der Waals surface area contributed by atoms with Crippen LogP contribution in [0.25, 0.3) is 5.57 Å². The highest BCUT2D eigenvalue weighted by Gasteiger charge is 2.62. The Morgan fingerprint density at radius 2 is 1.82 bits per heavy atom. The number of allylic oxidation sites excluding steroid dienone is 1. The second-order valence-electron chi connectivity index (χ2n) is 6.84. The molecule has 0 radical (unpaired) electrons. The Bertz CT molecular complexity index is 698. The zero-order chi connectivity index (χ0) is 15.8. The van der Waals surface area contributed by atoms with E-state index in [4.69, 9.17) is 4.74 Å². The predicted molar refractivity (Wildman–Crippen MR) is 93.3 cm³/mol. The number of carbonyl (C=O) groups is 1. The van der Waals surface area contributed by atoms with Crippen molar-refractivity contribution in [2.24, 2.45) is 11.8 Å². The number of hydrogen-bond acceptors (Lipinski definition) is 3. The van der Waals surface area contributed by atoms with Crippen LogP contribution in [0, 0.1) is 32.6 Å². The third-order valence-electron chi connectivity index (χ3n) is 5.34.